The second-order valence-electron chi connectivity index (χ2n) is 24.4. The number of aryl methyl sites for hydroxylation is 1. The lowest BCUT2D eigenvalue weighted by Gasteiger charge is -2.53. The van der Waals surface area contributed by atoms with Crippen LogP contribution in [0, 0.1) is 6.92 Å². The summed E-state index contributed by atoms with van der Waals surface area (Å²) in [6.07, 6.45) is -6.54. The lowest BCUT2D eigenvalue weighted by Crippen LogP contribution is -2.65. The van der Waals surface area contributed by atoms with E-state index in [-0.39, 0.29) is 51.2 Å². The predicted molar refractivity (Wildman–Crippen MR) is 313 cm³/mol. The molecule has 84 heavy (non-hydrogen) atoms. The van der Waals surface area contributed by atoms with Crippen LogP contribution < -0.4 is 29.1 Å². The standard InChI is InChI=1S/C61H81F6N12O4S/c1-43-15-19-47(42-49(43)76-35-11-31-72-27-7-23-68(2)55(72)76)84(80,81)54-22-18-46(41-52(54)79-38-14-34-75-30-10-26-71(5)58(75)79)83-53-21-16-44(39-51(53)78-37-13-33-74-29-9-25-70(4)57(74)78)59(60(62,63)64,61(65,66)67)48-20-17-45(82-6)40-50(48)77-36-12-32-73-28-8-24-69(3)56(73)77/h15-22,39-42,55-57H,7-14,23-38H2,1-6H3/q+1. The van der Waals surface area contributed by atoms with Crippen molar-refractivity contribution in [2.24, 2.45) is 0 Å². The molecule has 8 aliphatic heterocycles. The number of alkyl halides is 6. The number of rotatable bonds is 11. The average Bonchev–Trinajstić information content (AvgIpc) is 0.789. The van der Waals surface area contributed by atoms with E-state index in [0.29, 0.717) is 70.9 Å². The van der Waals surface area contributed by atoms with Gasteiger partial charge in [-0.15, -0.1) is 0 Å². The van der Waals surface area contributed by atoms with Crippen LogP contribution in [0.3, 0.4) is 0 Å². The molecule has 4 aromatic rings. The van der Waals surface area contributed by atoms with Gasteiger partial charge in [0.2, 0.25) is 15.3 Å². The summed E-state index contributed by atoms with van der Waals surface area (Å²) < 4.78 is 147. The van der Waals surface area contributed by atoms with E-state index in [0.717, 1.165) is 120 Å². The van der Waals surface area contributed by atoms with E-state index in [2.05, 4.69) is 45.9 Å². The number of hydrogen-bond donors (Lipinski definition) is 0. The van der Waals surface area contributed by atoms with Gasteiger partial charge in [-0.3, -0.25) is 38.9 Å². The molecule has 7 fully saturated rings. The molecule has 456 valence electrons. The Morgan fingerprint density at radius 2 is 1.04 bits per heavy atom. The molecular formula is C61H81F6N12O4S+. The first-order valence-corrected chi connectivity index (χ1v) is 31.6. The molecular weight excluding hydrogens is 1110 g/mol. The third-order valence-corrected chi connectivity index (χ3v) is 20.8. The highest BCUT2D eigenvalue weighted by Crippen LogP contribution is 2.60. The first-order chi connectivity index (χ1) is 40.2. The van der Waals surface area contributed by atoms with E-state index in [1.165, 1.54) is 25.3 Å². The molecule has 4 aromatic carbocycles. The maximum Gasteiger partial charge on any atom is 0.411 e. The van der Waals surface area contributed by atoms with Crippen molar-refractivity contribution in [2.75, 3.05) is 160 Å². The highest BCUT2D eigenvalue weighted by atomic mass is 32.2. The van der Waals surface area contributed by atoms with Crippen LogP contribution in [0.25, 0.3) is 0 Å². The molecule has 0 bridgehead atoms. The van der Waals surface area contributed by atoms with E-state index in [4.69, 9.17) is 9.47 Å². The number of anilines is 4. The van der Waals surface area contributed by atoms with Gasteiger partial charge in [0, 0.05) is 120 Å². The van der Waals surface area contributed by atoms with Gasteiger partial charge in [0.25, 0.3) is 0 Å². The van der Waals surface area contributed by atoms with Gasteiger partial charge in [-0.25, -0.2) is 13.3 Å². The molecule has 0 saturated carbocycles. The molecule has 16 nitrogen and oxygen atoms in total. The highest BCUT2D eigenvalue weighted by molar-refractivity contribution is 7.91. The quantitative estimate of drug-likeness (QED) is 0.106. The number of methoxy groups -OCH3 is 1. The van der Waals surface area contributed by atoms with Crippen molar-refractivity contribution in [3.63, 3.8) is 0 Å². The van der Waals surface area contributed by atoms with Gasteiger partial charge in [-0.05, 0) is 120 Å². The molecule has 12 rings (SSSR count). The second kappa shape index (κ2) is 22.9. The van der Waals surface area contributed by atoms with E-state index >= 15 is 34.8 Å². The third kappa shape index (κ3) is 10.2. The van der Waals surface area contributed by atoms with Crippen LogP contribution in [-0.2, 0) is 15.3 Å². The number of fused-ring (bicyclic) bond motifs is 4. The molecule has 0 amide bonds. The van der Waals surface area contributed by atoms with Crippen LogP contribution in [0.5, 0.6) is 17.2 Å². The van der Waals surface area contributed by atoms with Gasteiger partial charge in [0.1, 0.15) is 41.0 Å². The van der Waals surface area contributed by atoms with Crippen LogP contribution in [0.4, 0.5) is 49.1 Å². The van der Waals surface area contributed by atoms with Crippen molar-refractivity contribution >= 4 is 38.5 Å². The van der Waals surface area contributed by atoms with Crippen LogP contribution in [-0.4, -0.2) is 224 Å². The van der Waals surface area contributed by atoms with E-state index < -0.39 is 51.3 Å². The average molecular weight is 1190 g/mol. The molecule has 0 spiro atoms. The van der Waals surface area contributed by atoms with Gasteiger partial charge in [-0.1, -0.05) is 18.2 Å². The van der Waals surface area contributed by atoms with Crippen molar-refractivity contribution in [3.05, 3.63) is 89.5 Å². The summed E-state index contributed by atoms with van der Waals surface area (Å²) in [6.45, 7) is 12.9. The molecule has 0 N–H and O–H groups in total. The lowest BCUT2D eigenvalue weighted by molar-refractivity contribution is -0.510. The van der Waals surface area contributed by atoms with Crippen LogP contribution in [0.2, 0.25) is 0 Å². The number of sulfone groups is 1. The molecule has 3 unspecified atom stereocenters. The maximum absolute atomic E-state index is 16.9. The zero-order valence-corrected chi connectivity index (χ0v) is 50.1. The summed E-state index contributed by atoms with van der Waals surface area (Å²) in [7, 11) is 4.95. The first kappa shape index (κ1) is 58.8. The smallest absolute Gasteiger partial charge is 0.411 e. The number of halogens is 6. The monoisotopic (exact) mass is 1190 g/mol. The zero-order valence-electron chi connectivity index (χ0n) is 49.3. The van der Waals surface area contributed by atoms with Crippen LogP contribution in [0.1, 0.15) is 68.1 Å². The molecule has 8 heterocycles. The molecule has 0 aliphatic carbocycles. The molecule has 23 heteroatoms. The van der Waals surface area contributed by atoms with E-state index in [1.54, 1.807) is 35.2 Å². The largest absolute Gasteiger partial charge is 0.497 e. The molecule has 7 saturated heterocycles. The summed E-state index contributed by atoms with van der Waals surface area (Å²) in [4.78, 5) is 23.5. The minimum absolute atomic E-state index is 0.0120. The minimum atomic E-state index is -5.92. The fourth-order valence-corrected chi connectivity index (χ4v) is 16.8. The van der Waals surface area contributed by atoms with Crippen molar-refractivity contribution < 1.29 is 48.8 Å². The molecule has 3 atom stereocenters. The fourth-order valence-electron chi connectivity index (χ4n) is 15.3. The zero-order chi connectivity index (χ0) is 59.0. The maximum atomic E-state index is 16.9. The third-order valence-electron chi connectivity index (χ3n) is 19.0. The van der Waals surface area contributed by atoms with E-state index in [9.17, 15) is 0 Å². The van der Waals surface area contributed by atoms with Gasteiger partial charge in [0.05, 0.1) is 50.9 Å². The number of hydrogen-bond acceptors (Lipinski definition) is 15. The minimum Gasteiger partial charge on any atom is -0.497 e. The van der Waals surface area contributed by atoms with Gasteiger partial charge in [-0.2, -0.15) is 26.3 Å². The fraction of sp³-hybridized carbons (Fsp3) is 0.590. The Labute approximate surface area is 490 Å². The number of benzene rings is 4. The first-order valence-electron chi connectivity index (χ1n) is 30.1. The Hall–Kier alpha value is -5.56. The van der Waals surface area contributed by atoms with Gasteiger partial charge >= 0.3 is 18.3 Å². The Morgan fingerprint density at radius 1 is 0.524 bits per heavy atom. The molecule has 0 aromatic heterocycles. The lowest BCUT2D eigenvalue weighted by atomic mass is 9.71. The van der Waals surface area contributed by atoms with Gasteiger partial charge in [0.15, 0.2) is 5.75 Å². The summed E-state index contributed by atoms with van der Waals surface area (Å²) in [5.74, 6) is 1.17. The van der Waals surface area contributed by atoms with Crippen molar-refractivity contribution in [1.82, 2.24) is 34.3 Å². The normalized spacial score (nSPS) is 24.2. The highest BCUT2D eigenvalue weighted by Gasteiger charge is 2.73. The Bertz CT molecular complexity index is 3220. The summed E-state index contributed by atoms with van der Waals surface area (Å²) in [6, 6.07) is 16.8. The Balaban J connectivity index is 1.02. The van der Waals surface area contributed by atoms with Crippen molar-refractivity contribution in [3.8, 4) is 17.2 Å². The Kier molecular flexibility index (Phi) is 16.1. The number of guanidine groups is 1. The topological polar surface area (TPSA) is 91.2 Å². The van der Waals surface area contributed by atoms with Crippen molar-refractivity contribution in [2.45, 2.75) is 105 Å². The van der Waals surface area contributed by atoms with Crippen molar-refractivity contribution in [1.29, 1.82) is 0 Å². The molecule has 0 radical (unpaired) electrons. The summed E-state index contributed by atoms with van der Waals surface area (Å²) in [5.41, 5.74) is -4.48. The summed E-state index contributed by atoms with van der Waals surface area (Å²) in [5, 5.41) is 0. The van der Waals surface area contributed by atoms with Crippen LogP contribution in [0.15, 0.2) is 82.6 Å². The summed E-state index contributed by atoms with van der Waals surface area (Å²) >= 11 is 0. The number of nitrogens with zero attached hydrogens (tertiary/aromatic N) is 12. The SMILES string of the molecule is COc1ccc(C(c2ccc(Oc3ccc(S(=O)(=O)c4ccc(C)c(N5CCCN6CCCN(C)C65)c4)c(N4CCCN5CCC[N+](C)=C54)c3)c(N3CCCN4CCCN(C)C43)c2)(C(F)(F)F)C(F)(F)F)c(N2CCCN3CCCN(C)C32)c1. The van der Waals surface area contributed by atoms with E-state index in [1.807, 2.05) is 48.8 Å². The number of ether oxygens (including phenoxy) is 2. The molecule has 8 aliphatic rings. The second-order valence-corrected chi connectivity index (χ2v) is 26.3. The van der Waals surface area contributed by atoms with Gasteiger partial charge < -0.3 is 24.2 Å². The van der Waals surface area contributed by atoms with Crippen LogP contribution >= 0.6 is 0 Å². The predicted octanol–water partition coefficient (Wildman–Crippen LogP) is 8.35. The Morgan fingerprint density at radius 3 is 1.61 bits per heavy atom.